The first-order valence-corrected chi connectivity index (χ1v) is 14.3. The van der Waals surface area contributed by atoms with E-state index in [2.05, 4.69) is 15.0 Å². The van der Waals surface area contributed by atoms with Crippen LogP contribution in [0.5, 0.6) is 5.75 Å². The third kappa shape index (κ3) is 6.53. The highest BCUT2D eigenvalue weighted by Gasteiger charge is 2.56. The van der Waals surface area contributed by atoms with Gasteiger partial charge in [-0.15, -0.1) is 0 Å². The van der Waals surface area contributed by atoms with Gasteiger partial charge in [-0.3, -0.25) is 4.57 Å². The Morgan fingerprint density at radius 1 is 0.955 bits per heavy atom. The van der Waals surface area contributed by atoms with E-state index in [1.54, 1.807) is 12.1 Å². The second kappa shape index (κ2) is 13.0. The number of aromatic nitrogens is 4. The molecule has 0 bridgehead atoms. The molecule has 0 aliphatic carbocycles. The highest BCUT2D eigenvalue weighted by Crippen LogP contribution is 2.43. The van der Waals surface area contributed by atoms with Gasteiger partial charge in [0, 0.05) is 12.2 Å². The number of nitrogens with two attached hydrogens (primary N) is 1. The number of para-hydroxylation sites is 1. The Morgan fingerprint density at radius 3 is 2.27 bits per heavy atom. The van der Waals surface area contributed by atoms with E-state index in [0.717, 1.165) is 11.1 Å². The molecular weight excluding hydrogens is 585 g/mol. The van der Waals surface area contributed by atoms with Gasteiger partial charge >= 0.3 is 11.3 Å². The van der Waals surface area contributed by atoms with E-state index in [1.165, 1.54) is 10.9 Å². The van der Waals surface area contributed by atoms with Crippen LogP contribution in [0.25, 0.3) is 11.2 Å². The number of hydrogen-bond acceptors (Lipinski definition) is 10. The lowest BCUT2D eigenvalue weighted by molar-refractivity contribution is -0.146. The molecule has 0 unspecified atom stereocenters. The maximum atomic E-state index is 14.4. The Labute approximate surface area is 258 Å². The molecule has 2 aromatic heterocycles. The fourth-order valence-electron chi connectivity index (χ4n) is 5.15. The maximum absolute atomic E-state index is 14.4. The van der Waals surface area contributed by atoms with Crippen molar-refractivity contribution in [3.05, 3.63) is 115 Å². The molecule has 1 aliphatic heterocycles. The van der Waals surface area contributed by atoms with E-state index >= 15 is 0 Å². The number of nitrogen functional groups attached to an aromatic ring is 1. The van der Waals surface area contributed by atoms with E-state index in [1.807, 2.05) is 85.8 Å². The molecule has 6 rings (SSSR count). The van der Waals surface area contributed by atoms with Crippen LogP contribution < -0.4 is 10.5 Å². The third-order valence-corrected chi connectivity index (χ3v) is 7.40. The molecule has 12 heteroatoms. The maximum Gasteiger partial charge on any atom is 0.358 e. The van der Waals surface area contributed by atoms with Crippen molar-refractivity contribution in [2.75, 3.05) is 12.3 Å². The number of hydrogen-bond donors (Lipinski definition) is 1. The molecule has 1 aliphatic rings. The summed E-state index contributed by atoms with van der Waals surface area (Å²) in [4.78, 5) is 11.9. The van der Waals surface area contributed by atoms with Crippen LogP contribution in [0.15, 0.2) is 97.3 Å². The number of nitrogens with zero attached hydrogens (tertiary/aromatic N) is 4. The molecule has 226 valence electrons. The van der Waals surface area contributed by atoms with Crippen LogP contribution in [0.1, 0.15) is 24.3 Å². The van der Waals surface area contributed by atoms with E-state index < -0.39 is 30.1 Å². The Bertz CT molecular complexity index is 1710. The van der Waals surface area contributed by atoms with Gasteiger partial charge < -0.3 is 29.4 Å². The molecule has 3 heterocycles. The van der Waals surface area contributed by atoms with Crippen LogP contribution in [-0.2, 0) is 32.2 Å². The molecule has 5 aromatic rings. The lowest BCUT2D eigenvalue weighted by Crippen LogP contribution is -2.47. The van der Waals surface area contributed by atoms with Gasteiger partial charge in [0.15, 0.2) is 29.3 Å². The zero-order valence-corrected chi connectivity index (χ0v) is 24.6. The molecule has 1 saturated heterocycles. The number of anilines is 1. The summed E-state index contributed by atoms with van der Waals surface area (Å²) in [6.07, 6.45) is -2.15. The predicted molar refractivity (Wildman–Crippen MR) is 164 cm³/mol. The molecular formula is C32H30FN5O5S. The second-order valence-corrected chi connectivity index (χ2v) is 10.8. The SMILES string of the molecule is C[C@]1(COCc2ccccc2)O[C@@H](n2cnc3c(N)nc(F)nc32)[C@H](OC(=S)Oc2ccccc2)[C@@H]1OCc1ccccc1. The van der Waals surface area contributed by atoms with E-state index in [-0.39, 0.29) is 35.4 Å². The molecule has 0 spiro atoms. The van der Waals surface area contributed by atoms with Crippen molar-refractivity contribution < 1.29 is 28.1 Å². The van der Waals surface area contributed by atoms with Gasteiger partial charge in [-0.25, -0.2) is 4.98 Å². The van der Waals surface area contributed by atoms with Crippen molar-refractivity contribution in [2.45, 2.75) is 44.2 Å². The normalized spacial score (nSPS) is 21.4. The van der Waals surface area contributed by atoms with Crippen molar-refractivity contribution >= 4 is 34.4 Å². The summed E-state index contributed by atoms with van der Waals surface area (Å²) in [7, 11) is 0. The van der Waals surface area contributed by atoms with E-state index in [0.29, 0.717) is 12.4 Å². The van der Waals surface area contributed by atoms with Crippen LogP contribution in [-0.4, -0.2) is 49.2 Å². The van der Waals surface area contributed by atoms with Crippen LogP contribution in [0.2, 0.25) is 0 Å². The Kier molecular flexibility index (Phi) is 8.75. The van der Waals surface area contributed by atoms with Crippen LogP contribution in [0, 0.1) is 6.08 Å². The minimum Gasteiger partial charge on any atom is -0.446 e. The van der Waals surface area contributed by atoms with Gasteiger partial charge in [0.2, 0.25) is 0 Å². The van der Waals surface area contributed by atoms with Crippen molar-refractivity contribution in [2.24, 2.45) is 0 Å². The third-order valence-electron chi connectivity index (χ3n) is 7.22. The first kappa shape index (κ1) is 29.6. The summed E-state index contributed by atoms with van der Waals surface area (Å²) < 4.78 is 47.4. The summed E-state index contributed by atoms with van der Waals surface area (Å²) in [5.41, 5.74) is 7.17. The van der Waals surface area contributed by atoms with Crippen LogP contribution in [0.4, 0.5) is 10.2 Å². The van der Waals surface area contributed by atoms with Gasteiger partial charge in [-0.2, -0.15) is 14.4 Å². The quantitative estimate of drug-likeness (QED) is 0.162. The molecule has 10 nitrogen and oxygen atoms in total. The van der Waals surface area contributed by atoms with Crippen molar-refractivity contribution in [3.63, 3.8) is 0 Å². The Balaban J connectivity index is 1.35. The topological polar surface area (TPSA) is 116 Å². The molecule has 2 N–H and O–H groups in total. The smallest absolute Gasteiger partial charge is 0.358 e. The number of rotatable bonds is 10. The fourth-order valence-corrected chi connectivity index (χ4v) is 5.36. The molecule has 4 atom stereocenters. The Morgan fingerprint density at radius 2 is 1.59 bits per heavy atom. The monoisotopic (exact) mass is 615 g/mol. The first-order chi connectivity index (χ1) is 21.4. The summed E-state index contributed by atoms with van der Waals surface area (Å²) in [6.45, 7) is 2.59. The number of halogens is 1. The lowest BCUT2D eigenvalue weighted by Gasteiger charge is -2.31. The minimum atomic E-state index is -1.07. The van der Waals surface area contributed by atoms with E-state index in [4.69, 9.17) is 41.6 Å². The van der Waals surface area contributed by atoms with Gasteiger partial charge in [-0.1, -0.05) is 78.9 Å². The summed E-state index contributed by atoms with van der Waals surface area (Å²) in [5, 5.41) is -0.151. The number of fused-ring (bicyclic) bond motifs is 1. The van der Waals surface area contributed by atoms with Crippen LogP contribution >= 0.6 is 12.2 Å². The number of thiocarbonyl (C=S) groups is 1. The molecule has 0 amide bonds. The number of ether oxygens (including phenoxy) is 5. The van der Waals surface area contributed by atoms with Crippen molar-refractivity contribution in [1.29, 1.82) is 0 Å². The van der Waals surface area contributed by atoms with Gasteiger partial charge in [-0.05, 0) is 30.2 Å². The zero-order chi connectivity index (χ0) is 30.5. The first-order valence-electron chi connectivity index (χ1n) is 13.9. The lowest BCUT2D eigenvalue weighted by atomic mass is 9.97. The molecule has 44 heavy (non-hydrogen) atoms. The van der Waals surface area contributed by atoms with Gasteiger partial charge in [0.25, 0.3) is 0 Å². The average molecular weight is 616 g/mol. The van der Waals surface area contributed by atoms with Crippen LogP contribution in [0.3, 0.4) is 0 Å². The molecule has 0 radical (unpaired) electrons. The van der Waals surface area contributed by atoms with E-state index in [9.17, 15) is 4.39 Å². The second-order valence-electron chi connectivity index (χ2n) is 10.5. The standard InChI is InChI=1S/C32H30FN5O5S/c1-32(19-39-17-21-11-5-2-6-12-21)26(40-18-22-13-7-3-8-14-22)25(42-31(44)41-23-15-9-4-10-16-23)29(43-32)38-20-35-24-27(34)36-30(33)37-28(24)38/h2-16,20,25-26,29H,17-19H2,1H3,(H2,34,36,37)/t25-,26+,29-,32-/m1/s1. The summed E-state index contributed by atoms with van der Waals surface area (Å²) >= 11 is 5.53. The van der Waals surface area contributed by atoms with Gasteiger partial charge in [0.1, 0.15) is 17.5 Å². The molecule has 0 saturated carbocycles. The average Bonchev–Trinajstić information content (AvgIpc) is 3.56. The van der Waals surface area contributed by atoms with Gasteiger partial charge in [0.05, 0.1) is 26.1 Å². The Hall–Kier alpha value is -4.49. The molecule has 3 aromatic carbocycles. The summed E-state index contributed by atoms with van der Waals surface area (Å²) in [6, 6.07) is 28.5. The highest BCUT2D eigenvalue weighted by molar-refractivity contribution is 7.79. The largest absolute Gasteiger partial charge is 0.446 e. The fraction of sp³-hybridized carbons (Fsp3) is 0.250. The van der Waals surface area contributed by atoms with Crippen molar-refractivity contribution in [3.8, 4) is 5.75 Å². The zero-order valence-electron chi connectivity index (χ0n) is 23.8. The molecule has 1 fully saturated rings. The summed E-state index contributed by atoms with van der Waals surface area (Å²) in [5.74, 6) is 0.398. The highest BCUT2D eigenvalue weighted by atomic mass is 32.1. The number of imidazole rings is 1. The predicted octanol–water partition coefficient (Wildman–Crippen LogP) is 5.39. The minimum absolute atomic E-state index is 0.101. The van der Waals surface area contributed by atoms with Crippen molar-refractivity contribution in [1.82, 2.24) is 19.5 Å². The number of benzene rings is 3.